The first kappa shape index (κ1) is 9.32. The Labute approximate surface area is 74.7 Å². The van der Waals surface area contributed by atoms with Gasteiger partial charge in [-0.3, -0.25) is 9.59 Å². The van der Waals surface area contributed by atoms with Gasteiger partial charge in [0.15, 0.2) is 0 Å². The summed E-state index contributed by atoms with van der Waals surface area (Å²) in [5.41, 5.74) is 0.614. The van der Waals surface area contributed by atoms with Gasteiger partial charge in [0, 0.05) is 11.1 Å². The summed E-state index contributed by atoms with van der Waals surface area (Å²) in [5.74, 6) is -0.455. The molecule has 0 saturated heterocycles. The lowest BCUT2D eigenvalue weighted by atomic mass is 10.1. The molecule has 0 bridgehead atoms. The molecule has 0 N–H and O–H groups in total. The third-order valence-electron chi connectivity index (χ3n) is 1.51. The average Bonchev–Trinajstić information content (AvgIpc) is 2.17. The Morgan fingerprint density at radius 1 is 1.23 bits per heavy atom. The first-order chi connectivity index (χ1) is 6.27. The normalized spacial score (nSPS) is 10.2. The van der Waals surface area contributed by atoms with E-state index in [4.69, 9.17) is 0 Å². The van der Waals surface area contributed by atoms with Crippen molar-refractivity contribution in [3.8, 4) is 0 Å². The molecule has 0 aliphatic carbocycles. The van der Waals surface area contributed by atoms with Crippen LogP contribution >= 0.6 is 0 Å². The number of allylic oxidation sites excluding steroid dienone is 1. The number of carbonyl (C=O) groups excluding carboxylic acids is 2. The van der Waals surface area contributed by atoms with E-state index in [1.807, 2.05) is 0 Å². The second-order valence-corrected chi connectivity index (χ2v) is 2.39. The summed E-state index contributed by atoms with van der Waals surface area (Å²) in [7, 11) is 0. The third kappa shape index (κ3) is 2.33. The lowest BCUT2D eigenvalue weighted by Gasteiger charge is -1.96. The average molecular weight is 178 g/mol. The van der Waals surface area contributed by atoms with E-state index in [0.29, 0.717) is 18.1 Å². The minimum atomic E-state index is -0.455. The van der Waals surface area contributed by atoms with Gasteiger partial charge in [-0.1, -0.05) is 0 Å². The molecule has 0 aromatic heterocycles. The Morgan fingerprint density at radius 3 is 2.62 bits per heavy atom. The molecule has 0 saturated carbocycles. The number of hydrogen-bond donors (Lipinski definition) is 0. The second kappa shape index (κ2) is 4.30. The largest absolute Gasteiger partial charge is 0.299 e. The monoisotopic (exact) mass is 178 g/mol. The van der Waals surface area contributed by atoms with Crippen LogP contribution in [0.4, 0.5) is 4.39 Å². The highest BCUT2D eigenvalue weighted by molar-refractivity contribution is 5.78. The zero-order chi connectivity index (χ0) is 9.68. The Balaban J connectivity index is 3.10. The molecular weight excluding hydrogens is 171 g/mol. The molecule has 1 aromatic rings. The predicted molar refractivity (Wildman–Crippen MR) is 46.9 cm³/mol. The zero-order valence-electron chi connectivity index (χ0n) is 6.74. The van der Waals surface area contributed by atoms with Crippen LogP contribution in [0.1, 0.15) is 15.9 Å². The summed E-state index contributed by atoms with van der Waals surface area (Å²) in [6, 6.07) is 3.94. The van der Waals surface area contributed by atoms with Crippen LogP contribution in [0, 0.1) is 5.82 Å². The SMILES string of the molecule is O=CC=Cc1cc(C=O)ccc1F. The molecule has 0 fully saturated rings. The maximum Gasteiger partial charge on any atom is 0.150 e. The lowest BCUT2D eigenvalue weighted by Crippen LogP contribution is -1.86. The highest BCUT2D eigenvalue weighted by Gasteiger charge is 1.98. The number of halogens is 1. The van der Waals surface area contributed by atoms with Gasteiger partial charge in [0.1, 0.15) is 18.4 Å². The van der Waals surface area contributed by atoms with Crippen molar-refractivity contribution >= 4 is 18.6 Å². The third-order valence-corrected chi connectivity index (χ3v) is 1.51. The number of aldehydes is 2. The molecule has 1 aromatic carbocycles. The minimum absolute atomic E-state index is 0.233. The molecule has 0 aliphatic heterocycles. The molecule has 0 atom stereocenters. The summed E-state index contributed by atoms with van der Waals surface area (Å²) >= 11 is 0. The molecule has 0 heterocycles. The summed E-state index contributed by atoms with van der Waals surface area (Å²) in [6.45, 7) is 0. The molecule has 66 valence electrons. The van der Waals surface area contributed by atoms with Crippen LogP contribution in [0.2, 0.25) is 0 Å². The Morgan fingerprint density at radius 2 is 2.00 bits per heavy atom. The maximum absolute atomic E-state index is 12.9. The van der Waals surface area contributed by atoms with E-state index in [9.17, 15) is 14.0 Å². The van der Waals surface area contributed by atoms with E-state index in [1.165, 1.54) is 30.4 Å². The minimum Gasteiger partial charge on any atom is -0.299 e. The molecule has 0 radical (unpaired) electrons. The highest BCUT2D eigenvalue weighted by atomic mass is 19.1. The lowest BCUT2D eigenvalue weighted by molar-refractivity contribution is -0.104. The zero-order valence-corrected chi connectivity index (χ0v) is 6.74. The molecule has 0 aliphatic rings. The van der Waals surface area contributed by atoms with Gasteiger partial charge >= 0.3 is 0 Å². The van der Waals surface area contributed by atoms with Crippen molar-refractivity contribution in [1.82, 2.24) is 0 Å². The molecule has 1 rings (SSSR count). The first-order valence-electron chi connectivity index (χ1n) is 3.64. The second-order valence-electron chi connectivity index (χ2n) is 2.39. The van der Waals surface area contributed by atoms with Crippen molar-refractivity contribution in [3.63, 3.8) is 0 Å². The maximum atomic E-state index is 12.9. The van der Waals surface area contributed by atoms with Crippen LogP contribution in [-0.2, 0) is 4.79 Å². The van der Waals surface area contributed by atoms with Crippen LogP contribution in [0.25, 0.3) is 6.08 Å². The van der Waals surface area contributed by atoms with Crippen molar-refractivity contribution < 1.29 is 14.0 Å². The predicted octanol–water partition coefficient (Wildman–Crippen LogP) is 1.85. The topological polar surface area (TPSA) is 34.1 Å². The molecule has 3 heteroatoms. The van der Waals surface area contributed by atoms with Gasteiger partial charge in [-0.15, -0.1) is 0 Å². The van der Waals surface area contributed by atoms with Crippen LogP contribution in [0.5, 0.6) is 0 Å². The Kier molecular flexibility index (Phi) is 3.09. The van der Waals surface area contributed by atoms with Gasteiger partial charge in [-0.25, -0.2) is 4.39 Å². The molecule has 2 nitrogen and oxygen atoms in total. The van der Waals surface area contributed by atoms with Gasteiger partial charge in [-0.05, 0) is 30.4 Å². The number of rotatable bonds is 3. The van der Waals surface area contributed by atoms with E-state index < -0.39 is 5.82 Å². The van der Waals surface area contributed by atoms with E-state index >= 15 is 0 Å². The van der Waals surface area contributed by atoms with Crippen molar-refractivity contribution in [1.29, 1.82) is 0 Å². The van der Waals surface area contributed by atoms with Crippen molar-refractivity contribution in [2.45, 2.75) is 0 Å². The number of carbonyl (C=O) groups is 2. The van der Waals surface area contributed by atoms with Crippen molar-refractivity contribution in [3.05, 3.63) is 41.2 Å². The summed E-state index contributed by atoms with van der Waals surface area (Å²) in [6.07, 6.45) is 3.66. The van der Waals surface area contributed by atoms with Crippen LogP contribution in [0.15, 0.2) is 24.3 Å². The smallest absolute Gasteiger partial charge is 0.150 e. The molecule has 0 amide bonds. The summed E-state index contributed by atoms with van der Waals surface area (Å²) in [5, 5.41) is 0. The van der Waals surface area contributed by atoms with Crippen molar-refractivity contribution in [2.75, 3.05) is 0 Å². The quantitative estimate of drug-likeness (QED) is 0.522. The summed E-state index contributed by atoms with van der Waals surface area (Å²) < 4.78 is 12.9. The van der Waals surface area contributed by atoms with Crippen molar-refractivity contribution in [2.24, 2.45) is 0 Å². The first-order valence-corrected chi connectivity index (χ1v) is 3.64. The fourth-order valence-electron chi connectivity index (χ4n) is 0.906. The highest BCUT2D eigenvalue weighted by Crippen LogP contribution is 2.10. The molecule has 13 heavy (non-hydrogen) atoms. The van der Waals surface area contributed by atoms with Gasteiger partial charge in [-0.2, -0.15) is 0 Å². The van der Waals surface area contributed by atoms with E-state index in [1.54, 1.807) is 0 Å². The van der Waals surface area contributed by atoms with Crippen LogP contribution in [-0.4, -0.2) is 12.6 Å². The number of benzene rings is 1. The van der Waals surface area contributed by atoms with Gasteiger partial charge in [0.25, 0.3) is 0 Å². The Bertz CT molecular complexity index is 356. The van der Waals surface area contributed by atoms with E-state index in [-0.39, 0.29) is 5.56 Å². The van der Waals surface area contributed by atoms with E-state index in [0.717, 1.165) is 0 Å². The van der Waals surface area contributed by atoms with E-state index in [2.05, 4.69) is 0 Å². The summed E-state index contributed by atoms with van der Waals surface area (Å²) in [4.78, 5) is 20.3. The molecular formula is C10H7FO2. The van der Waals surface area contributed by atoms with Crippen LogP contribution in [0.3, 0.4) is 0 Å². The standard InChI is InChI=1S/C10H7FO2/c11-10-4-3-8(7-13)6-9(10)2-1-5-12/h1-7H. The fraction of sp³-hybridized carbons (Fsp3) is 0. The molecule has 0 spiro atoms. The van der Waals surface area contributed by atoms with Gasteiger partial charge in [0.05, 0.1) is 0 Å². The number of hydrogen-bond acceptors (Lipinski definition) is 2. The fourth-order valence-corrected chi connectivity index (χ4v) is 0.906. The van der Waals surface area contributed by atoms with Gasteiger partial charge < -0.3 is 0 Å². The van der Waals surface area contributed by atoms with Crippen LogP contribution < -0.4 is 0 Å². The molecule has 0 unspecified atom stereocenters. The Hall–Kier alpha value is -1.77. The van der Waals surface area contributed by atoms with Gasteiger partial charge in [0.2, 0.25) is 0 Å².